The molecule has 0 radical (unpaired) electrons. The van der Waals surface area contributed by atoms with Crippen LogP contribution < -0.4 is 27.2 Å². The summed E-state index contributed by atoms with van der Waals surface area (Å²) in [6.45, 7) is 6.45. The van der Waals surface area contributed by atoms with Gasteiger partial charge in [0.25, 0.3) is 5.56 Å². The molecule has 0 spiro atoms. The number of anilines is 2. The van der Waals surface area contributed by atoms with Crippen LogP contribution in [-0.2, 0) is 16.1 Å². The quantitative estimate of drug-likeness (QED) is 0.420. The van der Waals surface area contributed by atoms with Crippen LogP contribution in [0.5, 0.6) is 0 Å². The number of aromatic nitrogens is 2. The predicted molar refractivity (Wildman–Crippen MR) is 135 cm³/mol. The Morgan fingerprint density at radius 2 is 1.85 bits per heavy atom. The summed E-state index contributed by atoms with van der Waals surface area (Å²) in [7, 11) is 1.51. The molecule has 9 nitrogen and oxygen atoms in total. The first-order valence-electron chi connectivity index (χ1n) is 11.4. The number of methoxy groups -OCH3 is 1. The third kappa shape index (κ3) is 5.73. The summed E-state index contributed by atoms with van der Waals surface area (Å²) in [5.41, 5.74) is 5.94. The van der Waals surface area contributed by atoms with Crippen molar-refractivity contribution in [2.24, 2.45) is 5.92 Å². The summed E-state index contributed by atoms with van der Waals surface area (Å²) in [6.07, 6.45) is 0. The van der Waals surface area contributed by atoms with E-state index in [1.54, 1.807) is 0 Å². The third-order valence-corrected chi connectivity index (χ3v) is 5.68. The Balaban J connectivity index is 1.84. The average molecular weight is 468 g/mol. The summed E-state index contributed by atoms with van der Waals surface area (Å²) in [4.78, 5) is 41.8. The summed E-state index contributed by atoms with van der Waals surface area (Å²) < 4.78 is 6.43. The van der Waals surface area contributed by atoms with Crippen molar-refractivity contribution in [1.82, 2.24) is 14.9 Å². The van der Waals surface area contributed by atoms with Gasteiger partial charge in [-0.3, -0.25) is 19.1 Å². The van der Waals surface area contributed by atoms with Crippen LogP contribution in [0.1, 0.15) is 32.4 Å². The maximum absolute atomic E-state index is 13.2. The number of nitrogens with zero attached hydrogens (tertiary/aromatic N) is 2. The number of aromatic amines is 1. The van der Waals surface area contributed by atoms with Gasteiger partial charge in [0, 0.05) is 26.2 Å². The van der Waals surface area contributed by atoms with Crippen molar-refractivity contribution in [1.29, 1.82) is 0 Å². The van der Waals surface area contributed by atoms with Crippen LogP contribution in [0.4, 0.5) is 11.5 Å². The Labute approximate surface area is 198 Å². The Hall–Kier alpha value is -3.43. The molecule has 182 valence electrons. The molecule has 0 fully saturated rings. The van der Waals surface area contributed by atoms with Gasteiger partial charge < -0.3 is 20.7 Å². The molecule has 0 bridgehead atoms. The number of carbonyl (C=O) groups excluding carboxylic acids is 1. The van der Waals surface area contributed by atoms with Crippen LogP contribution in [0.3, 0.4) is 0 Å². The lowest BCUT2D eigenvalue weighted by atomic mass is 10.0. The first-order chi connectivity index (χ1) is 16.2. The minimum Gasteiger partial charge on any atom is -0.383 e. The lowest BCUT2D eigenvalue weighted by molar-refractivity contribution is -0.118. The number of hydrogen-bond donors (Lipinski definition) is 3. The van der Waals surface area contributed by atoms with E-state index in [1.807, 2.05) is 51.1 Å². The van der Waals surface area contributed by atoms with Gasteiger partial charge in [-0.1, -0.05) is 50.2 Å². The maximum Gasteiger partial charge on any atom is 0.330 e. The van der Waals surface area contributed by atoms with Crippen molar-refractivity contribution in [3.8, 4) is 0 Å². The predicted octanol–water partition coefficient (Wildman–Crippen LogP) is 2.26. The lowest BCUT2D eigenvalue weighted by Crippen LogP contribution is -2.46. The number of fused-ring (bicyclic) bond motifs is 1. The second-order valence-corrected chi connectivity index (χ2v) is 8.74. The Kier molecular flexibility index (Phi) is 8.25. The zero-order chi connectivity index (χ0) is 24.8. The van der Waals surface area contributed by atoms with E-state index >= 15 is 0 Å². The lowest BCUT2D eigenvalue weighted by Gasteiger charge is -2.25. The fourth-order valence-corrected chi connectivity index (χ4v) is 3.86. The molecule has 2 aromatic carbocycles. The number of nitrogens with one attached hydrogen (secondary N) is 2. The van der Waals surface area contributed by atoms with E-state index in [0.717, 1.165) is 16.3 Å². The Morgan fingerprint density at radius 3 is 2.53 bits per heavy atom. The molecule has 0 aliphatic rings. The smallest absolute Gasteiger partial charge is 0.330 e. The number of benzene rings is 2. The van der Waals surface area contributed by atoms with Crippen molar-refractivity contribution in [2.45, 2.75) is 33.4 Å². The summed E-state index contributed by atoms with van der Waals surface area (Å²) >= 11 is 0. The number of hydrogen-bond acceptors (Lipinski definition) is 6. The zero-order valence-corrected chi connectivity index (χ0v) is 20.1. The molecule has 0 saturated carbocycles. The molecule has 3 aromatic rings. The highest BCUT2D eigenvalue weighted by Crippen LogP contribution is 2.21. The molecule has 1 amide bonds. The van der Waals surface area contributed by atoms with E-state index in [0.29, 0.717) is 6.54 Å². The van der Waals surface area contributed by atoms with Gasteiger partial charge >= 0.3 is 5.69 Å². The summed E-state index contributed by atoms with van der Waals surface area (Å²) in [5, 5.41) is 5.50. The standard InChI is InChI=1S/C25H33N5O4/c1-16(2)15-30-23(26)22(24(32)28-25(30)33)29(11-12-34-4)21(31)14-27-17(3)19-10-9-18-7-5-6-8-20(18)13-19/h5-10,13,16-17,27H,11-12,14-15,26H2,1-4H3,(H,28,32,33). The minimum absolute atomic E-state index is 0.0279. The number of ether oxygens (including phenoxy) is 1. The van der Waals surface area contributed by atoms with Crippen LogP contribution in [-0.4, -0.2) is 42.3 Å². The van der Waals surface area contributed by atoms with Crippen LogP contribution in [0.25, 0.3) is 10.8 Å². The Bertz CT molecular complexity index is 1260. The van der Waals surface area contributed by atoms with Gasteiger partial charge in [-0.15, -0.1) is 0 Å². The molecular formula is C25H33N5O4. The van der Waals surface area contributed by atoms with E-state index in [4.69, 9.17) is 10.5 Å². The highest BCUT2D eigenvalue weighted by molar-refractivity contribution is 5.97. The van der Waals surface area contributed by atoms with Crippen molar-refractivity contribution in [3.05, 3.63) is 68.9 Å². The largest absolute Gasteiger partial charge is 0.383 e. The van der Waals surface area contributed by atoms with Gasteiger partial charge in [0.1, 0.15) is 5.82 Å². The molecular weight excluding hydrogens is 434 g/mol. The fraction of sp³-hybridized carbons (Fsp3) is 0.400. The SMILES string of the molecule is COCCN(C(=O)CNC(C)c1ccc2ccccc2c1)c1c(N)n(CC(C)C)c(=O)[nH]c1=O. The molecule has 3 rings (SSSR count). The topological polar surface area (TPSA) is 122 Å². The van der Waals surface area contributed by atoms with E-state index in [2.05, 4.69) is 22.4 Å². The van der Waals surface area contributed by atoms with Crippen molar-refractivity contribution in [3.63, 3.8) is 0 Å². The van der Waals surface area contributed by atoms with Gasteiger partial charge in [-0.05, 0) is 35.2 Å². The number of amides is 1. The van der Waals surface area contributed by atoms with Crippen molar-refractivity contribution in [2.75, 3.05) is 37.4 Å². The van der Waals surface area contributed by atoms with Gasteiger partial charge in [-0.2, -0.15) is 0 Å². The molecule has 4 N–H and O–H groups in total. The third-order valence-electron chi connectivity index (χ3n) is 5.68. The van der Waals surface area contributed by atoms with Crippen LogP contribution in [0.15, 0.2) is 52.1 Å². The number of nitrogen functional groups attached to an aromatic ring is 1. The van der Waals surface area contributed by atoms with Gasteiger partial charge in [0.05, 0.1) is 13.2 Å². The molecule has 0 saturated heterocycles. The molecule has 1 atom stereocenters. The minimum atomic E-state index is -0.700. The number of H-pyrrole nitrogens is 1. The fourth-order valence-electron chi connectivity index (χ4n) is 3.86. The second kappa shape index (κ2) is 11.1. The molecule has 1 aromatic heterocycles. The van der Waals surface area contributed by atoms with E-state index in [-0.39, 0.29) is 49.1 Å². The van der Waals surface area contributed by atoms with Crippen LogP contribution in [0, 0.1) is 5.92 Å². The van der Waals surface area contributed by atoms with Crippen LogP contribution >= 0.6 is 0 Å². The molecule has 0 aliphatic carbocycles. The monoisotopic (exact) mass is 467 g/mol. The van der Waals surface area contributed by atoms with E-state index in [1.165, 1.54) is 16.6 Å². The Morgan fingerprint density at radius 1 is 1.15 bits per heavy atom. The molecule has 1 unspecified atom stereocenters. The van der Waals surface area contributed by atoms with Crippen LogP contribution in [0.2, 0.25) is 0 Å². The molecule has 1 heterocycles. The summed E-state index contributed by atoms with van der Waals surface area (Å²) in [6, 6.07) is 14.1. The first kappa shape index (κ1) is 25.2. The number of rotatable bonds is 10. The van der Waals surface area contributed by atoms with Crippen molar-refractivity contribution >= 4 is 28.2 Å². The zero-order valence-electron chi connectivity index (χ0n) is 20.1. The molecule has 34 heavy (non-hydrogen) atoms. The number of nitrogens with two attached hydrogens (primary N) is 1. The highest BCUT2D eigenvalue weighted by Gasteiger charge is 2.24. The average Bonchev–Trinajstić information content (AvgIpc) is 2.81. The van der Waals surface area contributed by atoms with E-state index < -0.39 is 11.2 Å². The maximum atomic E-state index is 13.2. The van der Waals surface area contributed by atoms with Gasteiger partial charge in [0.15, 0.2) is 5.69 Å². The first-order valence-corrected chi connectivity index (χ1v) is 11.4. The normalized spacial score (nSPS) is 12.3. The summed E-state index contributed by atoms with van der Waals surface area (Å²) in [5.74, 6) is -0.266. The van der Waals surface area contributed by atoms with Crippen molar-refractivity contribution < 1.29 is 9.53 Å². The van der Waals surface area contributed by atoms with Gasteiger partial charge in [0.2, 0.25) is 5.91 Å². The highest BCUT2D eigenvalue weighted by atomic mass is 16.5. The molecule has 0 aliphatic heterocycles. The number of carbonyl (C=O) groups is 1. The van der Waals surface area contributed by atoms with E-state index in [9.17, 15) is 14.4 Å². The molecule has 9 heteroatoms. The second-order valence-electron chi connectivity index (χ2n) is 8.74. The van der Waals surface area contributed by atoms with Gasteiger partial charge in [-0.25, -0.2) is 4.79 Å².